The van der Waals surface area contributed by atoms with Crippen molar-refractivity contribution in [2.75, 3.05) is 12.4 Å². The molecule has 6 heteroatoms. The van der Waals surface area contributed by atoms with Crippen LogP contribution >= 0.6 is 0 Å². The zero-order valence-electron chi connectivity index (χ0n) is 11.5. The highest BCUT2D eigenvalue weighted by Crippen LogP contribution is 2.13. The number of hydrogen-bond acceptors (Lipinski definition) is 3. The third-order valence-corrected chi connectivity index (χ3v) is 2.71. The second kappa shape index (κ2) is 7.28. The Bertz CT molecular complexity index is 496. The van der Waals surface area contributed by atoms with Gasteiger partial charge in [0, 0.05) is 31.1 Å². The van der Waals surface area contributed by atoms with Crippen molar-refractivity contribution in [2.45, 2.75) is 19.8 Å². The molecule has 0 spiro atoms. The molecule has 0 aromatic heterocycles. The van der Waals surface area contributed by atoms with Gasteiger partial charge in [0.15, 0.2) is 0 Å². The summed E-state index contributed by atoms with van der Waals surface area (Å²) in [4.78, 5) is 33.5. The van der Waals surface area contributed by atoms with E-state index in [0.29, 0.717) is 11.3 Å². The van der Waals surface area contributed by atoms with Gasteiger partial charge in [-0.3, -0.25) is 14.4 Å². The minimum absolute atomic E-state index is 0.0387. The van der Waals surface area contributed by atoms with Crippen molar-refractivity contribution in [1.82, 2.24) is 5.32 Å². The van der Waals surface area contributed by atoms with Crippen LogP contribution in [0.3, 0.4) is 0 Å². The smallest absolute Gasteiger partial charge is 0.303 e. The summed E-state index contributed by atoms with van der Waals surface area (Å²) in [6.45, 7) is 1.71. The molecule has 0 saturated heterocycles. The minimum Gasteiger partial charge on any atom is -0.481 e. The van der Waals surface area contributed by atoms with Gasteiger partial charge < -0.3 is 15.7 Å². The summed E-state index contributed by atoms with van der Waals surface area (Å²) in [6.07, 6.45) is 0.104. The molecule has 1 unspecified atom stereocenters. The first-order chi connectivity index (χ1) is 9.42. The maximum atomic E-state index is 11.7. The van der Waals surface area contributed by atoms with E-state index in [1.54, 1.807) is 38.2 Å². The standard InChI is InChI=1S/C14H18N2O4/c1-9(8-13(18)19)7-12(17)16-11-5-3-10(4-6-11)14(20)15-2/h3-6,9H,7-8H2,1-2H3,(H,15,20)(H,16,17)(H,18,19). The molecule has 0 saturated carbocycles. The predicted molar refractivity (Wildman–Crippen MR) is 74.5 cm³/mol. The van der Waals surface area contributed by atoms with Crippen LogP contribution in [-0.4, -0.2) is 29.9 Å². The lowest BCUT2D eigenvalue weighted by molar-refractivity contribution is -0.138. The minimum atomic E-state index is -0.916. The summed E-state index contributed by atoms with van der Waals surface area (Å²) in [5, 5.41) is 13.8. The summed E-state index contributed by atoms with van der Waals surface area (Å²) in [5.41, 5.74) is 1.08. The second-order valence-electron chi connectivity index (χ2n) is 4.61. The number of carbonyl (C=O) groups is 3. The monoisotopic (exact) mass is 278 g/mol. The lowest BCUT2D eigenvalue weighted by Gasteiger charge is -2.09. The number of hydrogen-bond donors (Lipinski definition) is 3. The molecule has 0 aliphatic rings. The van der Waals surface area contributed by atoms with Crippen molar-refractivity contribution in [3.8, 4) is 0 Å². The largest absolute Gasteiger partial charge is 0.481 e. The van der Waals surface area contributed by atoms with Gasteiger partial charge in [-0.25, -0.2) is 0 Å². The molecule has 1 rings (SSSR count). The Morgan fingerprint density at radius 1 is 1.15 bits per heavy atom. The molecule has 1 aromatic carbocycles. The van der Waals surface area contributed by atoms with Crippen LogP contribution in [0.2, 0.25) is 0 Å². The SMILES string of the molecule is CNC(=O)c1ccc(NC(=O)CC(C)CC(=O)O)cc1. The fourth-order valence-corrected chi connectivity index (χ4v) is 1.75. The van der Waals surface area contributed by atoms with Gasteiger partial charge in [-0.05, 0) is 30.2 Å². The van der Waals surface area contributed by atoms with Gasteiger partial charge in [0.2, 0.25) is 5.91 Å². The number of benzene rings is 1. The van der Waals surface area contributed by atoms with Crippen molar-refractivity contribution >= 4 is 23.5 Å². The molecule has 1 aromatic rings. The maximum absolute atomic E-state index is 11.7. The van der Waals surface area contributed by atoms with Crippen LogP contribution in [0.5, 0.6) is 0 Å². The van der Waals surface area contributed by atoms with E-state index < -0.39 is 5.97 Å². The highest BCUT2D eigenvalue weighted by atomic mass is 16.4. The molecule has 0 heterocycles. The third-order valence-electron chi connectivity index (χ3n) is 2.71. The molecule has 0 radical (unpaired) electrons. The Morgan fingerprint density at radius 3 is 2.25 bits per heavy atom. The van der Waals surface area contributed by atoms with E-state index in [4.69, 9.17) is 5.11 Å². The van der Waals surface area contributed by atoms with Crippen molar-refractivity contribution < 1.29 is 19.5 Å². The van der Waals surface area contributed by atoms with Gasteiger partial charge in [-0.2, -0.15) is 0 Å². The number of rotatable bonds is 6. The topological polar surface area (TPSA) is 95.5 Å². The number of amides is 2. The lowest BCUT2D eigenvalue weighted by Crippen LogP contribution is -2.18. The number of anilines is 1. The number of carbonyl (C=O) groups excluding carboxylic acids is 2. The van der Waals surface area contributed by atoms with E-state index in [-0.39, 0.29) is 30.6 Å². The quantitative estimate of drug-likeness (QED) is 0.734. The molecule has 0 aliphatic carbocycles. The Balaban J connectivity index is 2.54. The van der Waals surface area contributed by atoms with Crippen LogP contribution in [0, 0.1) is 5.92 Å². The van der Waals surface area contributed by atoms with Crippen LogP contribution in [0.25, 0.3) is 0 Å². The Labute approximate surface area is 117 Å². The Kier molecular flexibility index (Phi) is 5.71. The van der Waals surface area contributed by atoms with Crippen molar-refractivity contribution in [3.05, 3.63) is 29.8 Å². The molecule has 0 bridgehead atoms. The molecular formula is C14H18N2O4. The normalized spacial score (nSPS) is 11.5. The molecule has 3 N–H and O–H groups in total. The first-order valence-electron chi connectivity index (χ1n) is 6.26. The first-order valence-corrected chi connectivity index (χ1v) is 6.26. The summed E-state index contributed by atoms with van der Waals surface area (Å²) in [5.74, 6) is -1.58. The summed E-state index contributed by atoms with van der Waals surface area (Å²) in [6, 6.07) is 6.47. The molecule has 0 fully saturated rings. The second-order valence-corrected chi connectivity index (χ2v) is 4.61. The molecular weight excluding hydrogens is 260 g/mol. The van der Waals surface area contributed by atoms with Gasteiger partial charge in [-0.1, -0.05) is 6.92 Å². The fourth-order valence-electron chi connectivity index (χ4n) is 1.75. The van der Waals surface area contributed by atoms with Crippen molar-refractivity contribution in [2.24, 2.45) is 5.92 Å². The summed E-state index contributed by atoms with van der Waals surface area (Å²) < 4.78 is 0. The number of aliphatic carboxylic acids is 1. The van der Waals surface area contributed by atoms with Gasteiger partial charge in [0.25, 0.3) is 5.91 Å². The fraction of sp³-hybridized carbons (Fsp3) is 0.357. The first kappa shape index (κ1) is 15.7. The van der Waals surface area contributed by atoms with E-state index in [1.165, 1.54) is 0 Å². The molecule has 2 amide bonds. The molecule has 20 heavy (non-hydrogen) atoms. The van der Waals surface area contributed by atoms with Crippen molar-refractivity contribution in [1.29, 1.82) is 0 Å². The third kappa shape index (κ3) is 5.09. The van der Waals surface area contributed by atoms with E-state index in [9.17, 15) is 14.4 Å². The average Bonchev–Trinajstić information content (AvgIpc) is 2.37. The Morgan fingerprint density at radius 2 is 1.75 bits per heavy atom. The van der Waals surface area contributed by atoms with Crippen LogP contribution in [0.4, 0.5) is 5.69 Å². The van der Waals surface area contributed by atoms with Gasteiger partial charge in [-0.15, -0.1) is 0 Å². The van der Waals surface area contributed by atoms with E-state index in [1.807, 2.05) is 0 Å². The van der Waals surface area contributed by atoms with Gasteiger partial charge in [0.05, 0.1) is 0 Å². The highest BCUT2D eigenvalue weighted by molar-refractivity contribution is 5.95. The molecule has 0 aliphatic heterocycles. The van der Waals surface area contributed by atoms with Gasteiger partial charge >= 0.3 is 5.97 Å². The van der Waals surface area contributed by atoms with Gasteiger partial charge in [0.1, 0.15) is 0 Å². The van der Waals surface area contributed by atoms with Crippen LogP contribution < -0.4 is 10.6 Å². The Hall–Kier alpha value is -2.37. The lowest BCUT2D eigenvalue weighted by atomic mass is 10.0. The maximum Gasteiger partial charge on any atom is 0.303 e. The molecule has 1 atom stereocenters. The summed E-state index contributed by atoms with van der Waals surface area (Å²) in [7, 11) is 1.54. The highest BCUT2D eigenvalue weighted by Gasteiger charge is 2.13. The molecule has 6 nitrogen and oxygen atoms in total. The van der Waals surface area contributed by atoms with E-state index >= 15 is 0 Å². The van der Waals surface area contributed by atoms with E-state index in [0.717, 1.165) is 0 Å². The van der Waals surface area contributed by atoms with Crippen molar-refractivity contribution in [3.63, 3.8) is 0 Å². The summed E-state index contributed by atoms with van der Waals surface area (Å²) >= 11 is 0. The average molecular weight is 278 g/mol. The van der Waals surface area contributed by atoms with Crippen LogP contribution in [-0.2, 0) is 9.59 Å². The number of carboxylic acid groups (broad SMARTS) is 1. The zero-order valence-corrected chi connectivity index (χ0v) is 11.5. The predicted octanol–water partition coefficient (Wildman–Crippen LogP) is 1.49. The van der Waals surface area contributed by atoms with Crippen LogP contribution in [0.15, 0.2) is 24.3 Å². The van der Waals surface area contributed by atoms with Crippen LogP contribution in [0.1, 0.15) is 30.1 Å². The molecule has 108 valence electrons. The van der Waals surface area contributed by atoms with E-state index in [2.05, 4.69) is 10.6 Å². The number of nitrogens with one attached hydrogen (secondary N) is 2. The number of carboxylic acids is 1. The zero-order chi connectivity index (χ0) is 15.1.